The Balaban J connectivity index is 2.16. The molecule has 0 saturated heterocycles. The average molecular weight is 285 g/mol. The lowest BCUT2D eigenvalue weighted by atomic mass is 10.3. The highest BCUT2D eigenvalue weighted by atomic mass is 35.5. The second-order valence-electron chi connectivity index (χ2n) is 3.49. The van der Waals surface area contributed by atoms with Crippen molar-refractivity contribution in [3.8, 4) is 0 Å². The van der Waals surface area contributed by atoms with E-state index in [0.717, 1.165) is 10.7 Å². The highest BCUT2D eigenvalue weighted by molar-refractivity contribution is 7.09. The molecule has 0 aliphatic rings. The third-order valence-electron chi connectivity index (χ3n) is 2.13. The van der Waals surface area contributed by atoms with Crippen molar-refractivity contribution in [3.05, 3.63) is 43.5 Å². The van der Waals surface area contributed by atoms with Crippen LogP contribution in [0.4, 0.5) is 11.5 Å². The summed E-state index contributed by atoms with van der Waals surface area (Å²) in [5, 5.41) is 16.8. The lowest BCUT2D eigenvalue weighted by molar-refractivity contribution is -0.384. The van der Waals surface area contributed by atoms with E-state index in [1.807, 2.05) is 12.3 Å². The molecule has 0 fully saturated rings. The summed E-state index contributed by atoms with van der Waals surface area (Å²) in [5.74, 6) is 0.190. The Morgan fingerprint density at radius 2 is 2.39 bits per heavy atom. The van der Waals surface area contributed by atoms with Gasteiger partial charge in [0.15, 0.2) is 0 Å². The van der Waals surface area contributed by atoms with Crippen LogP contribution in [0.15, 0.2) is 17.6 Å². The fraction of sp³-hybridized carbons (Fsp3) is 0.200. The fourth-order valence-electron chi connectivity index (χ4n) is 1.37. The molecule has 0 aliphatic heterocycles. The molecule has 0 aliphatic carbocycles. The van der Waals surface area contributed by atoms with E-state index in [0.29, 0.717) is 6.54 Å². The molecule has 94 valence electrons. The quantitative estimate of drug-likeness (QED) is 0.689. The SMILES string of the molecule is Cc1nc(CNc2ncc(Cl)cc2[N+](=O)[O-])cs1. The van der Waals surface area contributed by atoms with E-state index in [1.165, 1.54) is 23.6 Å². The first-order valence-electron chi connectivity index (χ1n) is 5.01. The van der Waals surface area contributed by atoms with Gasteiger partial charge in [0.25, 0.3) is 0 Å². The maximum atomic E-state index is 10.8. The molecule has 18 heavy (non-hydrogen) atoms. The molecule has 0 spiro atoms. The number of rotatable bonds is 4. The molecule has 2 rings (SSSR count). The number of halogens is 1. The molecule has 2 heterocycles. The fourth-order valence-corrected chi connectivity index (χ4v) is 2.13. The number of aryl methyl sites for hydroxylation is 1. The van der Waals surface area contributed by atoms with Crippen molar-refractivity contribution in [2.45, 2.75) is 13.5 Å². The molecular weight excluding hydrogens is 276 g/mol. The van der Waals surface area contributed by atoms with Crippen molar-refractivity contribution in [1.82, 2.24) is 9.97 Å². The number of anilines is 1. The van der Waals surface area contributed by atoms with E-state index in [1.54, 1.807) is 0 Å². The van der Waals surface area contributed by atoms with E-state index in [9.17, 15) is 10.1 Å². The first kappa shape index (κ1) is 12.7. The van der Waals surface area contributed by atoms with Gasteiger partial charge in [-0.05, 0) is 6.92 Å². The van der Waals surface area contributed by atoms with Crippen LogP contribution in [0, 0.1) is 17.0 Å². The number of hydrogen-bond acceptors (Lipinski definition) is 6. The number of hydrogen-bond donors (Lipinski definition) is 1. The van der Waals surface area contributed by atoms with Crippen LogP contribution in [0.1, 0.15) is 10.7 Å². The molecule has 0 radical (unpaired) electrons. The second-order valence-corrected chi connectivity index (χ2v) is 4.99. The third kappa shape index (κ3) is 2.93. The number of nitrogens with zero attached hydrogens (tertiary/aromatic N) is 3. The number of nitrogens with one attached hydrogen (secondary N) is 1. The summed E-state index contributed by atoms with van der Waals surface area (Å²) in [7, 11) is 0. The molecule has 2 aromatic rings. The van der Waals surface area contributed by atoms with Crippen molar-refractivity contribution in [3.63, 3.8) is 0 Å². The summed E-state index contributed by atoms with van der Waals surface area (Å²) in [6, 6.07) is 1.27. The van der Waals surface area contributed by atoms with Gasteiger partial charge in [0.2, 0.25) is 5.82 Å². The molecule has 1 N–H and O–H groups in total. The minimum absolute atomic E-state index is 0.144. The minimum atomic E-state index is -0.520. The predicted octanol–water partition coefficient (Wildman–Crippen LogP) is 3.02. The summed E-state index contributed by atoms with van der Waals surface area (Å²) < 4.78 is 0. The summed E-state index contributed by atoms with van der Waals surface area (Å²) in [4.78, 5) is 18.5. The Morgan fingerprint density at radius 3 is 3.00 bits per heavy atom. The molecule has 0 unspecified atom stereocenters. The molecule has 6 nitrogen and oxygen atoms in total. The van der Waals surface area contributed by atoms with Crippen LogP contribution in [-0.4, -0.2) is 14.9 Å². The van der Waals surface area contributed by atoms with Gasteiger partial charge < -0.3 is 5.32 Å². The number of nitro groups is 1. The summed E-state index contributed by atoms with van der Waals surface area (Å²) in [6.07, 6.45) is 1.36. The zero-order valence-corrected chi connectivity index (χ0v) is 11.0. The molecule has 8 heteroatoms. The van der Waals surface area contributed by atoms with Gasteiger partial charge in [0.05, 0.1) is 27.2 Å². The summed E-state index contributed by atoms with van der Waals surface area (Å²) in [5.41, 5.74) is 0.679. The monoisotopic (exact) mass is 284 g/mol. The van der Waals surface area contributed by atoms with Gasteiger partial charge in [-0.1, -0.05) is 11.6 Å². The molecule has 0 aromatic carbocycles. The van der Waals surface area contributed by atoms with Gasteiger partial charge in [-0.2, -0.15) is 0 Å². The molecule has 0 amide bonds. The van der Waals surface area contributed by atoms with Crippen LogP contribution in [0.3, 0.4) is 0 Å². The van der Waals surface area contributed by atoms with E-state index < -0.39 is 4.92 Å². The van der Waals surface area contributed by atoms with Gasteiger partial charge >= 0.3 is 5.69 Å². The van der Waals surface area contributed by atoms with Crippen molar-refractivity contribution in [2.24, 2.45) is 0 Å². The largest absolute Gasteiger partial charge is 0.359 e. The predicted molar refractivity (Wildman–Crippen MR) is 70.1 cm³/mol. The third-order valence-corrected chi connectivity index (χ3v) is 3.16. The van der Waals surface area contributed by atoms with Crippen LogP contribution < -0.4 is 5.32 Å². The van der Waals surface area contributed by atoms with E-state index in [2.05, 4.69) is 15.3 Å². The topological polar surface area (TPSA) is 81.0 Å². The lowest BCUT2D eigenvalue weighted by Gasteiger charge is -2.04. The van der Waals surface area contributed by atoms with Crippen molar-refractivity contribution >= 4 is 34.4 Å². The summed E-state index contributed by atoms with van der Waals surface area (Å²) >= 11 is 7.20. The van der Waals surface area contributed by atoms with Gasteiger partial charge in [0.1, 0.15) is 0 Å². The highest BCUT2D eigenvalue weighted by Gasteiger charge is 2.15. The van der Waals surface area contributed by atoms with Gasteiger partial charge in [0, 0.05) is 17.6 Å². The minimum Gasteiger partial charge on any atom is -0.359 e. The first-order chi connectivity index (χ1) is 8.56. The van der Waals surface area contributed by atoms with Crippen LogP contribution in [0.5, 0.6) is 0 Å². The Bertz CT molecular complexity index is 587. The lowest BCUT2D eigenvalue weighted by Crippen LogP contribution is -2.04. The standard InChI is InChI=1S/C10H9ClN4O2S/c1-6-14-8(5-18-6)4-13-10-9(15(16)17)2-7(11)3-12-10/h2-3,5H,4H2,1H3,(H,12,13). The first-order valence-corrected chi connectivity index (χ1v) is 6.27. The zero-order valence-electron chi connectivity index (χ0n) is 9.38. The maximum Gasteiger partial charge on any atom is 0.312 e. The van der Waals surface area contributed by atoms with E-state index in [-0.39, 0.29) is 16.5 Å². The van der Waals surface area contributed by atoms with Gasteiger partial charge in [-0.25, -0.2) is 9.97 Å². The van der Waals surface area contributed by atoms with Crippen LogP contribution in [0.2, 0.25) is 5.02 Å². The second kappa shape index (κ2) is 5.28. The van der Waals surface area contributed by atoms with Crippen molar-refractivity contribution < 1.29 is 4.92 Å². The normalized spacial score (nSPS) is 10.3. The number of pyridine rings is 1. The van der Waals surface area contributed by atoms with Crippen LogP contribution in [-0.2, 0) is 6.54 Å². The molecule has 0 saturated carbocycles. The number of aromatic nitrogens is 2. The Labute approximate surface area is 112 Å². The van der Waals surface area contributed by atoms with Crippen LogP contribution in [0.25, 0.3) is 0 Å². The molecular formula is C10H9ClN4O2S. The Hall–Kier alpha value is -1.73. The van der Waals surface area contributed by atoms with Crippen LogP contribution >= 0.6 is 22.9 Å². The molecule has 0 atom stereocenters. The van der Waals surface area contributed by atoms with Crippen molar-refractivity contribution in [2.75, 3.05) is 5.32 Å². The molecule has 2 aromatic heterocycles. The number of thiazole rings is 1. The Kier molecular flexibility index (Phi) is 3.73. The van der Waals surface area contributed by atoms with E-state index >= 15 is 0 Å². The average Bonchev–Trinajstić information content (AvgIpc) is 2.73. The highest BCUT2D eigenvalue weighted by Crippen LogP contribution is 2.25. The maximum absolute atomic E-state index is 10.8. The van der Waals surface area contributed by atoms with E-state index in [4.69, 9.17) is 11.6 Å². The van der Waals surface area contributed by atoms with Gasteiger partial charge in [-0.15, -0.1) is 11.3 Å². The van der Waals surface area contributed by atoms with Gasteiger partial charge in [-0.3, -0.25) is 10.1 Å². The zero-order chi connectivity index (χ0) is 13.1. The van der Waals surface area contributed by atoms with Crippen molar-refractivity contribution in [1.29, 1.82) is 0 Å². The summed E-state index contributed by atoms with van der Waals surface area (Å²) in [6.45, 7) is 2.29. The smallest absolute Gasteiger partial charge is 0.312 e. The Morgan fingerprint density at radius 1 is 1.61 bits per heavy atom. The molecule has 0 bridgehead atoms.